The highest BCUT2D eigenvalue weighted by Crippen LogP contribution is 2.26. The first-order valence-corrected chi connectivity index (χ1v) is 11.5. The van der Waals surface area contributed by atoms with Crippen molar-refractivity contribution >= 4 is 28.6 Å². The smallest absolute Gasteiger partial charge is 0.267 e. The van der Waals surface area contributed by atoms with Crippen LogP contribution < -0.4 is 5.56 Å². The highest BCUT2D eigenvalue weighted by Gasteiger charge is 2.27. The zero-order valence-corrected chi connectivity index (χ0v) is 18.9. The van der Waals surface area contributed by atoms with Crippen LogP contribution in [0.1, 0.15) is 19.4 Å². The van der Waals surface area contributed by atoms with E-state index < -0.39 is 0 Å². The van der Waals surface area contributed by atoms with Gasteiger partial charge in [0.05, 0.1) is 16.2 Å². The van der Waals surface area contributed by atoms with E-state index in [0.29, 0.717) is 21.9 Å². The number of thioether (sulfide) groups is 1. The second kappa shape index (κ2) is 9.20. The monoisotopic (exact) mass is 437 g/mol. The molecule has 1 aliphatic rings. The van der Waals surface area contributed by atoms with Gasteiger partial charge in [-0.15, -0.1) is 0 Å². The number of carbonyl (C=O) groups excluding carboxylic acids is 1. The first-order valence-electron chi connectivity index (χ1n) is 10.6. The number of hydrogen-bond donors (Lipinski definition) is 0. The molecule has 1 atom stereocenters. The third-order valence-electron chi connectivity index (χ3n) is 5.63. The molecule has 0 N–H and O–H groups in total. The Hall–Kier alpha value is -2.71. The van der Waals surface area contributed by atoms with Gasteiger partial charge in [-0.2, -0.15) is 0 Å². The summed E-state index contributed by atoms with van der Waals surface area (Å²) in [5.74, 6) is 0.583. The van der Waals surface area contributed by atoms with E-state index in [-0.39, 0.29) is 16.7 Å². The zero-order chi connectivity index (χ0) is 22.0. The first kappa shape index (κ1) is 21.5. The molecular weight excluding hydrogens is 410 g/mol. The highest BCUT2D eigenvalue weighted by atomic mass is 32.2. The molecule has 1 fully saturated rings. The van der Waals surface area contributed by atoms with Crippen molar-refractivity contribution in [2.75, 3.05) is 32.7 Å². The maximum absolute atomic E-state index is 13.3. The van der Waals surface area contributed by atoms with Crippen LogP contribution in [-0.2, 0) is 4.79 Å². The highest BCUT2D eigenvalue weighted by molar-refractivity contribution is 8.00. The number of aromatic nitrogens is 3. The van der Waals surface area contributed by atoms with Gasteiger partial charge in [0.15, 0.2) is 5.16 Å². The number of para-hydroxylation sites is 1. The van der Waals surface area contributed by atoms with E-state index in [1.807, 2.05) is 49.1 Å². The lowest BCUT2D eigenvalue weighted by atomic mass is 10.2. The van der Waals surface area contributed by atoms with Crippen molar-refractivity contribution in [2.24, 2.45) is 0 Å². The molecule has 0 aliphatic carbocycles. The van der Waals surface area contributed by atoms with Gasteiger partial charge in [-0.25, -0.2) is 14.5 Å². The number of amides is 1. The van der Waals surface area contributed by atoms with E-state index in [2.05, 4.69) is 16.8 Å². The van der Waals surface area contributed by atoms with E-state index in [1.54, 1.807) is 12.3 Å². The minimum Gasteiger partial charge on any atom is -0.339 e. The van der Waals surface area contributed by atoms with Crippen LogP contribution in [0.3, 0.4) is 0 Å². The summed E-state index contributed by atoms with van der Waals surface area (Å²) in [5, 5.41) is 0.648. The number of pyridine rings is 1. The van der Waals surface area contributed by atoms with Crippen LogP contribution >= 0.6 is 11.8 Å². The number of likely N-dealkylation sites (N-methyl/N-ethyl adjacent to an activating group) is 1. The molecular formula is C23H27N5O2S. The molecule has 4 rings (SSSR count). The van der Waals surface area contributed by atoms with Gasteiger partial charge in [-0.3, -0.25) is 9.59 Å². The standard InChI is InChI=1S/C23H27N5O2S/c1-4-26-11-13-27(14-12-26)21(29)17(3)31-23-25-19-8-6-5-7-18(19)22(30)28(23)20-10-9-16(2)15-24-20/h5-10,15,17H,4,11-14H2,1-3H3. The number of nitrogens with zero attached hydrogens (tertiary/aromatic N) is 5. The van der Waals surface area contributed by atoms with Gasteiger partial charge in [0, 0.05) is 32.4 Å². The molecule has 162 valence electrons. The van der Waals surface area contributed by atoms with Crippen molar-refractivity contribution in [3.05, 3.63) is 58.5 Å². The summed E-state index contributed by atoms with van der Waals surface area (Å²) >= 11 is 1.31. The van der Waals surface area contributed by atoms with Crippen molar-refractivity contribution < 1.29 is 4.79 Å². The minimum absolute atomic E-state index is 0.0755. The summed E-state index contributed by atoms with van der Waals surface area (Å²) in [6.45, 7) is 10.2. The fraction of sp³-hybridized carbons (Fsp3) is 0.391. The fourth-order valence-electron chi connectivity index (χ4n) is 3.74. The topological polar surface area (TPSA) is 71.3 Å². The average molecular weight is 438 g/mol. The van der Waals surface area contributed by atoms with E-state index in [1.165, 1.54) is 16.3 Å². The van der Waals surface area contributed by atoms with Crippen molar-refractivity contribution in [2.45, 2.75) is 31.2 Å². The number of rotatable bonds is 5. The Morgan fingerprint density at radius 3 is 2.55 bits per heavy atom. The molecule has 1 saturated heterocycles. The second-order valence-electron chi connectivity index (χ2n) is 7.77. The van der Waals surface area contributed by atoms with Crippen molar-refractivity contribution in [3.63, 3.8) is 0 Å². The number of carbonyl (C=O) groups is 1. The van der Waals surface area contributed by atoms with Crippen LogP contribution in [-0.4, -0.2) is 68.2 Å². The maximum atomic E-state index is 13.3. The third-order valence-corrected chi connectivity index (χ3v) is 6.67. The molecule has 0 spiro atoms. The van der Waals surface area contributed by atoms with Crippen LogP contribution in [0.4, 0.5) is 0 Å². The van der Waals surface area contributed by atoms with Gasteiger partial charge >= 0.3 is 0 Å². The maximum Gasteiger partial charge on any atom is 0.267 e. The Morgan fingerprint density at radius 1 is 1.13 bits per heavy atom. The molecule has 3 heterocycles. The van der Waals surface area contributed by atoms with Crippen molar-refractivity contribution in [1.29, 1.82) is 0 Å². The largest absolute Gasteiger partial charge is 0.339 e. The predicted octanol–water partition coefficient (Wildman–Crippen LogP) is 2.73. The predicted molar refractivity (Wildman–Crippen MR) is 124 cm³/mol. The molecule has 1 aliphatic heterocycles. The zero-order valence-electron chi connectivity index (χ0n) is 18.1. The summed E-state index contributed by atoms with van der Waals surface area (Å²) in [4.78, 5) is 39.9. The number of fused-ring (bicyclic) bond motifs is 1. The molecule has 0 saturated carbocycles. The second-order valence-corrected chi connectivity index (χ2v) is 9.07. The summed E-state index contributed by atoms with van der Waals surface area (Å²) in [6.07, 6.45) is 1.73. The summed E-state index contributed by atoms with van der Waals surface area (Å²) in [6, 6.07) is 11.0. The molecule has 2 aromatic heterocycles. The van der Waals surface area contributed by atoms with E-state index >= 15 is 0 Å². The summed E-state index contributed by atoms with van der Waals surface area (Å²) in [5.41, 5.74) is 1.45. The molecule has 1 unspecified atom stereocenters. The Labute approximate surface area is 186 Å². The molecule has 1 amide bonds. The quantitative estimate of drug-likeness (QED) is 0.452. The summed E-state index contributed by atoms with van der Waals surface area (Å²) in [7, 11) is 0. The molecule has 0 bridgehead atoms. The first-order chi connectivity index (χ1) is 15.0. The Bertz CT molecular complexity index is 1140. The minimum atomic E-state index is -0.363. The normalized spacial score (nSPS) is 15.9. The molecule has 1 aromatic carbocycles. The van der Waals surface area contributed by atoms with Crippen molar-refractivity contribution in [3.8, 4) is 5.82 Å². The number of aryl methyl sites for hydroxylation is 1. The van der Waals surface area contributed by atoms with Gasteiger partial charge < -0.3 is 9.80 Å². The van der Waals surface area contributed by atoms with Crippen LogP contribution in [0.25, 0.3) is 16.7 Å². The van der Waals surface area contributed by atoms with Crippen molar-refractivity contribution in [1.82, 2.24) is 24.3 Å². The molecule has 3 aromatic rings. The van der Waals surface area contributed by atoms with Gasteiger partial charge in [0.25, 0.3) is 5.56 Å². The lowest BCUT2D eigenvalue weighted by Crippen LogP contribution is -2.50. The number of benzene rings is 1. The lowest BCUT2D eigenvalue weighted by molar-refractivity contribution is -0.132. The number of hydrogen-bond acceptors (Lipinski definition) is 6. The Morgan fingerprint density at radius 2 is 1.87 bits per heavy atom. The van der Waals surface area contributed by atoms with Crippen LogP contribution in [0.2, 0.25) is 0 Å². The van der Waals surface area contributed by atoms with Crippen LogP contribution in [0.5, 0.6) is 0 Å². The van der Waals surface area contributed by atoms with Gasteiger partial charge in [-0.05, 0) is 44.2 Å². The van der Waals surface area contributed by atoms with E-state index in [4.69, 9.17) is 4.98 Å². The van der Waals surface area contributed by atoms with Gasteiger partial charge in [0.2, 0.25) is 5.91 Å². The summed E-state index contributed by atoms with van der Waals surface area (Å²) < 4.78 is 1.52. The molecule has 8 heteroatoms. The fourth-order valence-corrected chi connectivity index (χ4v) is 4.73. The number of piperazine rings is 1. The molecule has 0 radical (unpaired) electrons. The van der Waals surface area contributed by atoms with Crippen LogP contribution in [0.15, 0.2) is 52.5 Å². The third kappa shape index (κ3) is 4.50. The van der Waals surface area contributed by atoms with Gasteiger partial charge in [0.1, 0.15) is 5.82 Å². The van der Waals surface area contributed by atoms with Crippen LogP contribution in [0, 0.1) is 6.92 Å². The lowest BCUT2D eigenvalue weighted by Gasteiger charge is -2.35. The Balaban J connectivity index is 1.67. The molecule has 31 heavy (non-hydrogen) atoms. The molecule has 7 nitrogen and oxygen atoms in total. The van der Waals surface area contributed by atoms with Gasteiger partial charge in [-0.1, -0.05) is 36.9 Å². The Kier molecular flexibility index (Phi) is 6.38. The van der Waals surface area contributed by atoms with E-state index in [0.717, 1.165) is 38.3 Å². The van der Waals surface area contributed by atoms with E-state index in [9.17, 15) is 9.59 Å². The average Bonchev–Trinajstić information content (AvgIpc) is 2.80. The SMILES string of the molecule is CCN1CCN(C(=O)C(C)Sc2nc3ccccc3c(=O)n2-c2ccc(C)cn2)CC1.